The number of ketones is 1. The van der Waals surface area contributed by atoms with Gasteiger partial charge in [-0.2, -0.15) is 0 Å². The Morgan fingerprint density at radius 1 is 1.14 bits per heavy atom. The molecule has 0 amide bonds. The first kappa shape index (κ1) is 17.3. The van der Waals surface area contributed by atoms with E-state index in [1.807, 2.05) is 40.7 Å². The largest absolute Gasteiger partial charge is 0.498 e. The van der Waals surface area contributed by atoms with Gasteiger partial charge in [0.25, 0.3) is 0 Å². The number of rotatable bonds is 3. The lowest BCUT2D eigenvalue weighted by Crippen LogP contribution is -2.41. The van der Waals surface area contributed by atoms with Crippen molar-refractivity contribution in [1.82, 2.24) is 0 Å². The van der Waals surface area contributed by atoms with Crippen LogP contribution in [0.4, 0.5) is 0 Å². The fourth-order valence-corrected chi connectivity index (χ4v) is 2.30. The fraction of sp³-hybridized carbons (Fsp3) is 0.706. The van der Waals surface area contributed by atoms with E-state index in [4.69, 9.17) is 13.7 Å². The molecule has 0 spiro atoms. The van der Waals surface area contributed by atoms with Crippen LogP contribution in [0.2, 0.25) is 0 Å². The highest BCUT2D eigenvalue weighted by Gasteiger charge is 2.53. The third-order valence-electron chi connectivity index (χ3n) is 4.58. The van der Waals surface area contributed by atoms with E-state index in [1.165, 1.54) is 0 Å². The Hall–Kier alpha value is -1.07. The molecule has 0 saturated carbocycles. The van der Waals surface area contributed by atoms with Crippen molar-refractivity contribution in [1.29, 1.82) is 0 Å². The number of hydrogen-bond donors (Lipinski definition) is 0. The topological polar surface area (TPSA) is 48.7 Å². The average molecular weight is 306 g/mol. The van der Waals surface area contributed by atoms with E-state index in [2.05, 4.69) is 20.8 Å². The van der Waals surface area contributed by atoms with Crippen molar-refractivity contribution in [2.24, 2.45) is 0 Å². The van der Waals surface area contributed by atoms with Gasteiger partial charge in [0, 0.05) is 17.3 Å². The predicted molar refractivity (Wildman–Crippen MR) is 87.7 cm³/mol. The highest BCUT2D eigenvalue weighted by atomic mass is 16.7. The van der Waals surface area contributed by atoms with Crippen LogP contribution in [0.5, 0.6) is 0 Å². The maximum absolute atomic E-state index is 12.2. The minimum atomic E-state index is -0.574. The van der Waals surface area contributed by atoms with E-state index < -0.39 is 18.3 Å². The fourth-order valence-electron chi connectivity index (χ4n) is 2.30. The molecule has 0 aliphatic carbocycles. The molecule has 1 aliphatic heterocycles. The van der Waals surface area contributed by atoms with Crippen LogP contribution in [-0.2, 0) is 14.7 Å². The van der Waals surface area contributed by atoms with Crippen LogP contribution in [0.15, 0.2) is 10.5 Å². The Bertz CT molecular complexity index is 562. The van der Waals surface area contributed by atoms with Crippen LogP contribution in [0.3, 0.4) is 0 Å². The SMILES string of the molecule is CCC(=O)c1oc(C(C)(C)C)cc1B1OC(C)(C)C(C)(C)O1. The van der Waals surface area contributed by atoms with Gasteiger partial charge in [0.2, 0.25) is 0 Å². The molecule has 0 N–H and O–H groups in total. The molecule has 1 aliphatic rings. The van der Waals surface area contributed by atoms with Crippen molar-refractivity contribution in [3.05, 3.63) is 17.6 Å². The molecule has 0 aromatic carbocycles. The zero-order chi connectivity index (χ0) is 16.9. The van der Waals surface area contributed by atoms with E-state index in [-0.39, 0.29) is 11.2 Å². The van der Waals surface area contributed by atoms with Crippen molar-refractivity contribution in [3.8, 4) is 0 Å². The zero-order valence-corrected chi connectivity index (χ0v) is 15.0. The number of carbonyl (C=O) groups excluding carboxylic acids is 1. The van der Waals surface area contributed by atoms with Gasteiger partial charge >= 0.3 is 7.12 Å². The van der Waals surface area contributed by atoms with Gasteiger partial charge < -0.3 is 13.7 Å². The highest BCUT2D eigenvalue weighted by Crippen LogP contribution is 2.37. The predicted octanol–water partition coefficient (Wildman–Crippen LogP) is 3.47. The van der Waals surface area contributed by atoms with Crippen LogP contribution in [-0.4, -0.2) is 24.1 Å². The number of hydrogen-bond acceptors (Lipinski definition) is 4. The van der Waals surface area contributed by atoms with Gasteiger partial charge in [-0.15, -0.1) is 0 Å². The maximum atomic E-state index is 12.2. The molecule has 2 heterocycles. The molecule has 0 unspecified atom stereocenters. The average Bonchev–Trinajstić information content (AvgIpc) is 2.88. The Morgan fingerprint density at radius 3 is 2.05 bits per heavy atom. The summed E-state index contributed by atoms with van der Waals surface area (Å²) >= 11 is 0. The summed E-state index contributed by atoms with van der Waals surface area (Å²) in [5.74, 6) is 1.11. The van der Waals surface area contributed by atoms with Gasteiger partial charge in [0.1, 0.15) is 5.76 Å². The van der Waals surface area contributed by atoms with Gasteiger partial charge in [-0.1, -0.05) is 27.7 Å². The lowest BCUT2D eigenvalue weighted by atomic mass is 9.77. The first-order valence-electron chi connectivity index (χ1n) is 7.92. The number of carbonyl (C=O) groups is 1. The van der Waals surface area contributed by atoms with Crippen LogP contribution >= 0.6 is 0 Å². The Morgan fingerprint density at radius 2 is 1.64 bits per heavy atom. The van der Waals surface area contributed by atoms with Crippen LogP contribution in [0.25, 0.3) is 0 Å². The highest BCUT2D eigenvalue weighted by molar-refractivity contribution is 6.63. The molecule has 1 saturated heterocycles. The first-order valence-corrected chi connectivity index (χ1v) is 7.92. The third kappa shape index (κ3) is 2.89. The lowest BCUT2D eigenvalue weighted by Gasteiger charge is -2.32. The normalized spacial score (nSPS) is 20.5. The van der Waals surface area contributed by atoms with Gasteiger partial charge in [0.05, 0.1) is 11.2 Å². The Balaban J connectivity index is 2.47. The van der Waals surface area contributed by atoms with Crippen molar-refractivity contribution in [2.45, 2.75) is 78.4 Å². The molecule has 0 bridgehead atoms. The molecule has 122 valence electrons. The smallest absolute Gasteiger partial charge is 0.458 e. The maximum Gasteiger partial charge on any atom is 0.498 e. The molecular weight excluding hydrogens is 279 g/mol. The Kier molecular flexibility index (Phi) is 4.12. The second-order valence-electron chi connectivity index (χ2n) is 8.01. The summed E-state index contributed by atoms with van der Waals surface area (Å²) in [6.45, 7) is 16.0. The van der Waals surface area contributed by atoms with Crippen molar-refractivity contribution >= 4 is 18.4 Å². The molecule has 1 aromatic rings. The van der Waals surface area contributed by atoms with Crippen molar-refractivity contribution in [3.63, 3.8) is 0 Å². The molecular formula is C17H27BO4. The number of Topliss-reactive ketones (excluding diaryl/α,β-unsaturated/α-hetero) is 1. The summed E-state index contributed by atoms with van der Waals surface area (Å²) in [6, 6.07) is 1.91. The van der Waals surface area contributed by atoms with E-state index in [0.717, 1.165) is 5.76 Å². The van der Waals surface area contributed by atoms with Gasteiger partial charge in [-0.05, 0) is 33.8 Å². The van der Waals surface area contributed by atoms with Crippen LogP contribution < -0.4 is 5.46 Å². The van der Waals surface area contributed by atoms with Crippen molar-refractivity contribution < 1.29 is 18.5 Å². The van der Waals surface area contributed by atoms with E-state index >= 15 is 0 Å². The summed E-state index contributed by atoms with van der Waals surface area (Å²) in [6.07, 6.45) is 0.392. The molecule has 2 rings (SSSR count). The second-order valence-corrected chi connectivity index (χ2v) is 8.01. The van der Waals surface area contributed by atoms with Crippen LogP contribution in [0.1, 0.15) is 78.1 Å². The molecule has 0 atom stereocenters. The summed E-state index contributed by atoms with van der Waals surface area (Å²) in [5.41, 5.74) is -0.354. The monoisotopic (exact) mass is 306 g/mol. The standard InChI is InChI=1S/C17H27BO4/c1-9-12(19)14-11(10-13(20-14)15(2,3)4)18-21-16(5,6)17(7,8)22-18/h10H,9H2,1-8H3. The molecule has 1 fully saturated rings. The first-order chi connectivity index (χ1) is 9.89. The van der Waals surface area contributed by atoms with Gasteiger partial charge in [-0.25, -0.2) is 0 Å². The molecule has 22 heavy (non-hydrogen) atoms. The zero-order valence-electron chi connectivity index (χ0n) is 15.0. The summed E-state index contributed by atoms with van der Waals surface area (Å²) in [7, 11) is -0.574. The van der Waals surface area contributed by atoms with Crippen LogP contribution in [0, 0.1) is 0 Å². The molecule has 5 heteroatoms. The lowest BCUT2D eigenvalue weighted by molar-refractivity contribution is 0.00578. The minimum absolute atomic E-state index is 0.0276. The van der Waals surface area contributed by atoms with Gasteiger partial charge in [0.15, 0.2) is 11.5 Å². The minimum Gasteiger partial charge on any atom is -0.458 e. The Labute approximate surface area is 133 Å². The second kappa shape index (κ2) is 5.24. The molecule has 0 radical (unpaired) electrons. The third-order valence-corrected chi connectivity index (χ3v) is 4.58. The molecule has 1 aromatic heterocycles. The van der Waals surface area contributed by atoms with E-state index in [0.29, 0.717) is 17.6 Å². The van der Waals surface area contributed by atoms with E-state index in [9.17, 15) is 4.79 Å². The number of furan rings is 1. The van der Waals surface area contributed by atoms with Crippen molar-refractivity contribution in [2.75, 3.05) is 0 Å². The van der Waals surface area contributed by atoms with Gasteiger partial charge in [-0.3, -0.25) is 4.79 Å². The summed E-state index contributed by atoms with van der Waals surface area (Å²) < 4.78 is 18.0. The quantitative estimate of drug-likeness (QED) is 0.634. The molecule has 4 nitrogen and oxygen atoms in total. The van der Waals surface area contributed by atoms with E-state index in [1.54, 1.807) is 0 Å². The summed E-state index contributed by atoms with van der Waals surface area (Å²) in [4.78, 5) is 12.2. The summed E-state index contributed by atoms with van der Waals surface area (Å²) in [5, 5.41) is 0.